The van der Waals surface area contributed by atoms with E-state index >= 15 is 0 Å². The van der Waals surface area contributed by atoms with E-state index in [0.29, 0.717) is 17.4 Å². The molecule has 1 unspecified atom stereocenters. The van der Waals surface area contributed by atoms with Gasteiger partial charge in [0.25, 0.3) is 5.91 Å². The third kappa shape index (κ3) is 2.62. The van der Waals surface area contributed by atoms with E-state index in [1.165, 1.54) is 0 Å². The Morgan fingerprint density at radius 3 is 3.00 bits per heavy atom. The van der Waals surface area contributed by atoms with Gasteiger partial charge in [0.2, 0.25) is 0 Å². The van der Waals surface area contributed by atoms with E-state index in [1.54, 1.807) is 24.3 Å². The average Bonchev–Trinajstić information content (AvgIpc) is 2.82. The molecule has 1 amide bonds. The Bertz CT molecular complexity index is 479. The molecule has 2 rings (SSSR count). The van der Waals surface area contributed by atoms with Crippen LogP contribution in [0.2, 0.25) is 0 Å². The summed E-state index contributed by atoms with van der Waals surface area (Å²) in [6.45, 7) is 2.86. The number of hydrogen-bond acceptors (Lipinski definition) is 3. The molecule has 1 aromatic carbocycles. The lowest BCUT2D eigenvalue weighted by Gasteiger charge is -2.21. The van der Waals surface area contributed by atoms with Gasteiger partial charge in [0.15, 0.2) is 6.61 Å². The molecular formula is C14H16N2O2. The zero-order valence-corrected chi connectivity index (χ0v) is 10.4. The van der Waals surface area contributed by atoms with E-state index in [1.807, 2.05) is 17.9 Å². The highest BCUT2D eigenvalue weighted by atomic mass is 16.5. The number of nitriles is 1. The second-order valence-corrected chi connectivity index (χ2v) is 4.48. The highest BCUT2D eigenvalue weighted by Gasteiger charge is 2.25. The molecule has 94 valence electrons. The number of para-hydroxylation sites is 1. The summed E-state index contributed by atoms with van der Waals surface area (Å²) in [5, 5.41) is 8.91. The number of carbonyl (C=O) groups is 1. The smallest absolute Gasteiger partial charge is 0.260 e. The number of ether oxygens (including phenoxy) is 1. The predicted octanol–water partition coefficient (Wildman–Crippen LogP) is 1.95. The van der Waals surface area contributed by atoms with Crippen molar-refractivity contribution in [2.24, 2.45) is 0 Å². The normalized spacial score (nSPS) is 18.4. The average molecular weight is 244 g/mol. The number of nitrogens with zero attached hydrogens (tertiary/aromatic N) is 2. The fourth-order valence-electron chi connectivity index (χ4n) is 2.21. The van der Waals surface area contributed by atoms with Crippen molar-refractivity contribution in [2.45, 2.75) is 25.8 Å². The molecule has 0 bridgehead atoms. The third-order valence-corrected chi connectivity index (χ3v) is 3.23. The highest BCUT2D eigenvalue weighted by Crippen LogP contribution is 2.19. The summed E-state index contributed by atoms with van der Waals surface area (Å²) in [5.74, 6) is 0.466. The fraction of sp³-hybridized carbons (Fsp3) is 0.429. The minimum atomic E-state index is -0.00672. The molecule has 0 aromatic heterocycles. The van der Waals surface area contributed by atoms with Crippen LogP contribution in [0.15, 0.2) is 24.3 Å². The Labute approximate surface area is 107 Å². The molecule has 1 aliphatic rings. The molecule has 1 saturated heterocycles. The van der Waals surface area contributed by atoms with Crippen LogP contribution in [0.1, 0.15) is 25.3 Å². The van der Waals surface area contributed by atoms with Crippen molar-refractivity contribution in [3.63, 3.8) is 0 Å². The van der Waals surface area contributed by atoms with Gasteiger partial charge >= 0.3 is 0 Å². The Kier molecular flexibility index (Phi) is 3.83. The van der Waals surface area contributed by atoms with Gasteiger partial charge in [-0.3, -0.25) is 4.79 Å². The first-order valence-electron chi connectivity index (χ1n) is 6.14. The van der Waals surface area contributed by atoms with Crippen LogP contribution in [0, 0.1) is 11.3 Å². The minimum absolute atomic E-state index is 0.00301. The number of likely N-dealkylation sites (tertiary alicyclic amines) is 1. The monoisotopic (exact) mass is 244 g/mol. The second-order valence-electron chi connectivity index (χ2n) is 4.48. The van der Waals surface area contributed by atoms with Gasteiger partial charge in [-0.25, -0.2) is 0 Å². The van der Waals surface area contributed by atoms with Gasteiger partial charge in [0, 0.05) is 12.6 Å². The predicted molar refractivity (Wildman–Crippen MR) is 67.1 cm³/mol. The molecule has 4 heteroatoms. The topological polar surface area (TPSA) is 53.3 Å². The van der Waals surface area contributed by atoms with Gasteiger partial charge in [0.05, 0.1) is 5.56 Å². The molecule has 1 fully saturated rings. The largest absolute Gasteiger partial charge is 0.482 e. The lowest BCUT2D eigenvalue weighted by molar-refractivity contribution is -0.133. The summed E-state index contributed by atoms with van der Waals surface area (Å²) in [7, 11) is 0. The number of amides is 1. The molecular weight excluding hydrogens is 228 g/mol. The molecule has 0 N–H and O–H groups in total. The number of rotatable bonds is 3. The summed E-state index contributed by atoms with van der Waals surface area (Å²) >= 11 is 0. The summed E-state index contributed by atoms with van der Waals surface area (Å²) in [4.78, 5) is 13.8. The van der Waals surface area contributed by atoms with E-state index in [-0.39, 0.29) is 12.5 Å². The van der Waals surface area contributed by atoms with Crippen LogP contribution >= 0.6 is 0 Å². The van der Waals surface area contributed by atoms with Crippen molar-refractivity contribution in [3.8, 4) is 11.8 Å². The van der Waals surface area contributed by atoms with Crippen LogP contribution in [0.25, 0.3) is 0 Å². The molecule has 0 radical (unpaired) electrons. The maximum absolute atomic E-state index is 11.9. The number of carbonyl (C=O) groups excluding carboxylic acids is 1. The van der Waals surface area contributed by atoms with Crippen molar-refractivity contribution in [1.82, 2.24) is 4.90 Å². The van der Waals surface area contributed by atoms with E-state index in [2.05, 4.69) is 0 Å². The van der Waals surface area contributed by atoms with Gasteiger partial charge in [-0.1, -0.05) is 12.1 Å². The summed E-state index contributed by atoms with van der Waals surface area (Å²) in [5.41, 5.74) is 0.458. The van der Waals surface area contributed by atoms with Crippen LogP contribution in [-0.4, -0.2) is 30.0 Å². The third-order valence-electron chi connectivity index (χ3n) is 3.23. The summed E-state index contributed by atoms with van der Waals surface area (Å²) in [6.07, 6.45) is 2.11. The first-order valence-corrected chi connectivity index (χ1v) is 6.14. The SMILES string of the molecule is CC1CCCN1C(=O)COc1ccccc1C#N. The van der Waals surface area contributed by atoms with Crippen molar-refractivity contribution in [1.29, 1.82) is 5.26 Å². The van der Waals surface area contributed by atoms with Gasteiger partial charge in [-0.15, -0.1) is 0 Å². The summed E-state index contributed by atoms with van der Waals surface area (Å²) in [6, 6.07) is 9.30. The standard InChI is InChI=1S/C14H16N2O2/c1-11-5-4-8-16(11)14(17)10-18-13-7-3-2-6-12(13)9-15/h2-3,6-7,11H,4-5,8,10H2,1H3. The van der Waals surface area contributed by atoms with Crippen molar-refractivity contribution < 1.29 is 9.53 Å². The maximum atomic E-state index is 11.9. The van der Waals surface area contributed by atoms with Gasteiger partial charge in [-0.05, 0) is 31.9 Å². The van der Waals surface area contributed by atoms with E-state index in [9.17, 15) is 4.79 Å². The number of hydrogen-bond donors (Lipinski definition) is 0. The highest BCUT2D eigenvalue weighted by molar-refractivity contribution is 5.78. The first-order chi connectivity index (χ1) is 8.72. The molecule has 4 nitrogen and oxygen atoms in total. The van der Waals surface area contributed by atoms with Gasteiger partial charge in [0.1, 0.15) is 11.8 Å². The van der Waals surface area contributed by atoms with Crippen LogP contribution < -0.4 is 4.74 Å². The van der Waals surface area contributed by atoms with E-state index in [0.717, 1.165) is 19.4 Å². The lowest BCUT2D eigenvalue weighted by Crippen LogP contribution is -2.37. The van der Waals surface area contributed by atoms with Crippen LogP contribution in [0.4, 0.5) is 0 Å². The van der Waals surface area contributed by atoms with E-state index < -0.39 is 0 Å². The molecule has 18 heavy (non-hydrogen) atoms. The summed E-state index contributed by atoms with van der Waals surface area (Å²) < 4.78 is 5.44. The van der Waals surface area contributed by atoms with Crippen molar-refractivity contribution in [3.05, 3.63) is 29.8 Å². The zero-order chi connectivity index (χ0) is 13.0. The second kappa shape index (κ2) is 5.54. The van der Waals surface area contributed by atoms with Crippen molar-refractivity contribution in [2.75, 3.05) is 13.2 Å². The van der Waals surface area contributed by atoms with E-state index in [4.69, 9.17) is 10.00 Å². The molecule has 1 aromatic rings. The molecule has 0 aliphatic carbocycles. The molecule has 0 saturated carbocycles. The van der Waals surface area contributed by atoms with Gasteiger partial charge in [-0.2, -0.15) is 5.26 Å². The quantitative estimate of drug-likeness (QED) is 0.816. The van der Waals surface area contributed by atoms with Crippen LogP contribution in [0.5, 0.6) is 5.75 Å². The Morgan fingerprint density at radius 2 is 2.33 bits per heavy atom. The van der Waals surface area contributed by atoms with Gasteiger partial charge < -0.3 is 9.64 Å². The fourth-order valence-corrected chi connectivity index (χ4v) is 2.21. The Balaban J connectivity index is 1.95. The zero-order valence-electron chi connectivity index (χ0n) is 10.4. The lowest BCUT2D eigenvalue weighted by atomic mass is 10.2. The molecule has 1 atom stereocenters. The van der Waals surface area contributed by atoms with Crippen molar-refractivity contribution >= 4 is 5.91 Å². The Hall–Kier alpha value is -2.02. The molecule has 0 spiro atoms. The first kappa shape index (κ1) is 12.4. The van der Waals surface area contributed by atoms with Crippen LogP contribution in [-0.2, 0) is 4.79 Å². The number of benzene rings is 1. The minimum Gasteiger partial charge on any atom is -0.482 e. The maximum Gasteiger partial charge on any atom is 0.260 e. The van der Waals surface area contributed by atoms with Crippen LogP contribution in [0.3, 0.4) is 0 Å². The Morgan fingerprint density at radius 1 is 1.56 bits per heavy atom. The molecule has 1 heterocycles. The molecule has 1 aliphatic heterocycles.